The van der Waals surface area contributed by atoms with Gasteiger partial charge in [-0.1, -0.05) is 11.6 Å². The number of benzene rings is 1. The molecule has 1 unspecified atom stereocenters. The van der Waals surface area contributed by atoms with Crippen LogP contribution in [0.1, 0.15) is 0 Å². The molecule has 12 heteroatoms. The van der Waals surface area contributed by atoms with Crippen LogP contribution in [0.15, 0.2) is 29.2 Å². The number of rotatable bonds is 5. The van der Waals surface area contributed by atoms with Crippen molar-refractivity contribution in [1.29, 1.82) is 0 Å². The molecule has 1 atom stereocenters. The Morgan fingerprint density at radius 2 is 1.48 bits per heavy atom. The zero-order valence-electron chi connectivity index (χ0n) is 11.0. The lowest BCUT2D eigenvalue weighted by Gasteiger charge is -2.29. The lowest BCUT2D eigenvalue weighted by Crippen LogP contribution is -2.54. The maximum absolute atomic E-state index is 12.6. The SMILES string of the molecule is O=S(=O)(NC(CO)C(C(F)(F)F)C(F)(F)F)c1ccc(Cl)cc1. The summed E-state index contributed by atoms with van der Waals surface area (Å²) in [6, 6.07) is 1.16. The first kappa shape index (κ1) is 20.0. The van der Waals surface area contributed by atoms with E-state index in [0.717, 1.165) is 24.3 Å². The van der Waals surface area contributed by atoms with Crippen molar-refractivity contribution in [2.45, 2.75) is 23.3 Å². The van der Waals surface area contributed by atoms with E-state index in [9.17, 15) is 34.8 Å². The van der Waals surface area contributed by atoms with Crippen LogP contribution in [-0.4, -0.2) is 38.5 Å². The van der Waals surface area contributed by atoms with Crippen LogP contribution in [0.25, 0.3) is 0 Å². The van der Waals surface area contributed by atoms with E-state index in [0.29, 0.717) is 0 Å². The molecular weight excluding hydrogens is 376 g/mol. The number of sulfonamides is 1. The first-order valence-electron chi connectivity index (χ1n) is 5.81. The van der Waals surface area contributed by atoms with Gasteiger partial charge in [0.05, 0.1) is 17.5 Å². The molecule has 0 spiro atoms. The van der Waals surface area contributed by atoms with Crippen LogP contribution in [0, 0.1) is 5.92 Å². The summed E-state index contributed by atoms with van der Waals surface area (Å²) in [6.07, 6.45) is -11.6. The largest absolute Gasteiger partial charge is 0.402 e. The second kappa shape index (κ2) is 6.83. The quantitative estimate of drug-likeness (QED) is 0.766. The van der Waals surface area contributed by atoms with Gasteiger partial charge in [0.2, 0.25) is 10.0 Å². The van der Waals surface area contributed by atoms with Crippen molar-refractivity contribution in [3.8, 4) is 0 Å². The van der Waals surface area contributed by atoms with Gasteiger partial charge in [-0.05, 0) is 24.3 Å². The van der Waals surface area contributed by atoms with Gasteiger partial charge in [-0.25, -0.2) is 13.1 Å². The molecule has 1 rings (SSSR count). The van der Waals surface area contributed by atoms with E-state index < -0.39 is 45.8 Å². The molecule has 23 heavy (non-hydrogen) atoms. The third-order valence-electron chi connectivity index (χ3n) is 2.73. The summed E-state index contributed by atoms with van der Waals surface area (Å²) in [4.78, 5) is -0.594. The molecule has 0 aliphatic carbocycles. The molecule has 1 aromatic rings. The Bertz CT molecular complexity index is 615. The van der Waals surface area contributed by atoms with E-state index in [4.69, 9.17) is 16.7 Å². The highest BCUT2D eigenvalue weighted by Gasteiger charge is 2.60. The minimum Gasteiger partial charge on any atom is -0.395 e. The fourth-order valence-corrected chi connectivity index (χ4v) is 3.10. The van der Waals surface area contributed by atoms with E-state index in [1.54, 1.807) is 0 Å². The van der Waals surface area contributed by atoms with Crippen LogP contribution in [-0.2, 0) is 10.0 Å². The van der Waals surface area contributed by atoms with Gasteiger partial charge in [-0.3, -0.25) is 0 Å². The predicted molar refractivity (Wildman–Crippen MR) is 68.2 cm³/mol. The number of hydrogen-bond donors (Lipinski definition) is 2. The summed E-state index contributed by atoms with van der Waals surface area (Å²) in [7, 11) is -4.72. The molecule has 0 fully saturated rings. The molecule has 0 bridgehead atoms. The van der Waals surface area contributed by atoms with Gasteiger partial charge in [-0.15, -0.1) is 0 Å². The summed E-state index contributed by atoms with van der Waals surface area (Å²) in [5.74, 6) is -4.05. The average Bonchev–Trinajstić information content (AvgIpc) is 2.34. The summed E-state index contributed by atoms with van der Waals surface area (Å²) < 4.78 is 101. The van der Waals surface area contributed by atoms with Crippen molar-refractivity contribution >= 4 is 21.6 Å². The Balaban J connectivity index is 3.17. The maximum Gasteiger partial charge on any atom is 0.402 e. The lowest BCUT2D eigenvalue weighted by atomic mass is 10.00. The Hall–Kier alpha value is -1.04. The lowest BCUT2D eigenvalue weighted by molar-refractivity contribution is -0.292. The van der Waals surface area contributed by atoms with Crippen LogP contribution < -0.4 is 4.72 Å². The third-order valence-corrected chi connectivity index (χ3v) is 4.49. The van der Waals surface area contributed by atoms with Gasteiger partial charge >= 0.3 is 12.4 Å². The Morgan fingerprint density at radius 3 is 1.83 bits per heavy atom. The van der Waals surface area contributed by atoms with Crippen molar-refractivity contribution in [2.75, 3.05) is 6.61 Å². The maximum atomic E-state index is 12.6. The summed E-state index contributed by atoms with van der Waals surface area (Å²) in [5.41, 5.74) is 0. The smallest absolute Gasteiger partial charge is 0.395 e. The molecule has 4 nitrogen and oxygen atoms in total. The van der Waals surface area contributed by atoms with Gasteiger partial charge in [0.1, 0.15) is 0 Å². The van der Waals surface area contributed by atoms with Gasteiger partial charge in [0.15, 0.2) is 5.92 Å². The van der Waals surface area contributed by atoms with Crippen LogP contribution >= 0.6 is 11.6 Å². The van der Waals surface area contributed by atoms with E-state index in [2.05, 4.69) is 0 Å². The Kier molecular flexibility index (Phi) is 5.94. The van der Waals surface area contributed by atoms with Crippen LogP contribution in [0.4, 0.5) is 26.3 Å². The molecule has 0 saturated carbocycles. The van der Waals surface area contributed by atoms with Crippen LogP contribution in [0.5, 0.6) is 0 Å². The molecule has 0 aliphatic rings. The van der Waals surface area contributed by atoms with Crippen molar-refractivity contribution in [1.82, 2.24) is 4.72 Å². The number of aliphatic hydroxyl groups is 1. The van der Waals surface area contributed by atoms with E-state index in [1.807, 2.05) is 0 Å². The summed E-state index contributed by atoms with van der Waals surface area (Å²) in [5, 5.41) is 8.95. The molecule has 0 aliphatic heterocycles. The monoisotopic (exact) mass is 385 g/mol. The highest BCUT2D eigenvalue weighted by molar-refractivity contribution is 7.89. The number of hydrogen-bond acceptors (Lipinski definition) is 3. The fourth-order valence-electron chi connectivity index (χ4n) is 1.73. The summed E-state index contributed by atoms with van der Waals surface area (Å²) >= 11 is 5.51. The zero-order valence-corrected chi connectivity index (χ0v) is 12.6. The molecular formula is C11H10ClF6NO3S. The van der Waals surface area contributed by atoms with E-state index >= 15 is 0 Å². The Morgan fingerprint density at radius 1 is 1.04 bits per heavy atom. The number of aliphatic hydroxyl groups excluding tert-OH is 1. The van der Waals surface area contributed by atoms with Crippen molar-refractivity contribution < 1.29 is 39.9 Å². The van der Waals surface area contributed by atoms with E-state index in [1.165, 1.54) is 4.72 Å². The second-order valence-corrected chi connectivity index (χ2v) is 6.58. The third kappa shape index (κ3) is 5.23. The Labute approximate surface area is 132 Å². The first-order chi connectivity index (χ1) is 10.3. The minimum absolute atomic E-state index is 0.117. The number of nitrogens with one attached hydrogen (secondary N) is 1. The van der Waals surface area contributed by atoms with E-state index in [-0.39, 0.29) is 5.02 Å². The van der Waals surface area contributed by atoms with Crippen molar-refractivity contribution in [3.05, 3.63) is 29.3 Å². The number of alkyl halides is 6. The molecule has 132 valence electrons. The minimum atomic E-state index is -5.80. The van der Waals surface area contributed by atoms with Gasteiger partial charge in [0, 0.05) is 5.02 Å². The standard InChI is InChI=1S/C11H10ClF6NO3S/c12-6-1-3-7(4-2-6)23(21,22)19-8(5-20)9(10(13,14)15)11(16,17)18/h1-4,8-9,19-20H,5H2. The molecule has 0 heterocycles. The molecule has 1 aromatic carbocycles. The molecule has 2 N–H and O–H groups in total. The van der Waals surface area contributed by atoms with Crippen LogP contribution in [0.2, 0.25) is 5.02 Å². The highest BCUT2D eigenvalue weighted by atomic mass is 35.5. The highest BCUT2D eigenvalue weighted by Crippen LogP contribution is 2.41. The molecule has 0 saturated heterocycles. The van der Waals surface area contributed by atoms with Crippen molar-refractivity contribution in [3.63, 3.8) is 0 Å². The normalized spacial score (nSPS) is 15.0. The number of halogens is 7. The second-order valence-electron chi connectivity index (χ2n) is 4.43. The van der Waals surface area contributed by atoms with Gasteiger partial charge < -0.3 is 5.11 Å². The molecule has 0 amide bonds. The average molecular weight is 386 g/mol. The fraction of sp³-hybridized carbons (Fsp3) is 0.455. The van der Waals surface area contributed by atoms with Crippen molar-refractivity contribution in [2.24, 2.45) is 5.92 Å². The molecule has 0 radical (unpaired) electrons. The van der Waals surface area contributed by atoms with Crippen LogP contribution in [0.3, 0.4) is 0 Å². The summed E-state index contributed by atoms with van der Waals surface area (Å²) in [6.45, 7) is -1.70. The van der Waals surface area contributed by atoms with Gasteiger partial charge in [-0.2, -0.15) is 26.3 Å². The predicted octanol–water partition coefficient (Wildman–Crippen LogP) is 2.72. The zero-order chi connectivity index (χ0) is 18.1. The topological polar surface area (TPSA) is 66.4 Å². The first-order valence-corrected chi connectivity index (χ1v) is 7.67. The van der Waals surface area contributed by atoms with Gasteiger partial charge in [0.25, 0.3) is 0 Å². The molecule has 0 aromatic heterocycles.